The van der Waals surface area contributed by atoms with Crippen molar-refractivity contribution in [1.82, 2.24) is 15.6 Å². The van der Waals surface area contributed by atoms with Crippen LogP contribution in [0.1, 0.15) is 57.2 Å². The molecule has 0 atom stereocenters. The van der Waals surface area contributed by atoms with E-state index in [0.29, 0.717) is 5.92 Å². The van der Waals surface area contributed by atoms with Crippen molar-refractivity contribution < 1.29 is 0 Å². The molecule has 4 nitrogen and oxygen atoms in total. The molecule has 5 heteroatoms. The normalized spacial score (nSPS) is 12.2. The van der Waals surface area contributed by atoms with Gasteiger partial charge in [-0.1, -0.05) is 27.7 Å². The first-order valence-corrected chi connectivity index (χ1v) is 8.29. The second kappa shape index (κ2) is 8.95. The number of hydrogen-bond donors (Lipinski definition) is 2. The Hall–Kier alpha value is -1.10. The molecule has 0 unspecified atom stereocenters. The number of nitrogens with one attached hydrogen (secondary N) is 2. The van der Waals surface area contributed by atoms with Crippen LogP contribution in [0.25, 0.3) is 0 Å². The van der Waals surface area contributed by atoms with Gasteiger partial charge in [-0.15, -0.1) is 11.3 Å². The minimum atomic E-state index is 0.494. The highest BCUT2D eigenvalue weighted by Gasteiger charge is 2.06. The van der Waals surface area contributed by atoms with E-state index in [2.05, 4.69) is 53.7 Å². The molecule has 0 spiro atoms. The van der Waals surface area contributed by atoms with E-state index >= 15 is 0 Å². The van der Waals surface area contributed by atoms with Crippen LogP contribution in [0.15, 0.2) is 10.4 Å². The van der Waals surface area contributed by atoms with Crippen LogP contribution in [0, 0.1) is 5.92 Å². The zero-order valence-electron chi connectivity index (χ0n) is 13.4. The van der Waals surface area contributed by atoms with Gasteiger partial charge in [0.2, 0.25) is 0 Å². The number of guanidine groups is 1. The molecule has 1 heterocycles. The van der Waals surface area contributed by atoms with E-state index in [1.807, 2.05) is 0 Å². The predicted molar refractivity (Wildman–Crippen MR) is 88.5 cm³/mol. The summed E-state index contributed by atoms with van der Waals surface area (Å²) < 4.78 is 0. The lowest BCUT2D eigenvalue weighted by atomic mass is 10.1. The highest BCUT2D eigenvalue weighted by atomic mass is 32.1. The summed E-state index contributed by atoms with van der Waals surface area (Å²) >= 11 is 1.71. The molecule has 1 aromatic heterocycles. The first-order chi connectivity index (χ1) is 9.52. The topological polar surface area (TPSA) is 49.3 Å². The molecule has 0 saturated heterocycles. The molecule has 114 valence electrons. The molecule has 0 fully saturated rings. The van der Waals surface area contributed by atoms with Gasteiger partial charge in [0, 0.05) is 19.0 Å². The van der Waals surface area contributed by atoms with Crippen LogP contribution in [-0.2, 0) is 6.54 Å². The maximum atomic E-state index is 4.61. The lowest BCUT2D eigenvalue weighted by molar-refractivity contribution is 0.549. The number of nitrogens with zero attached hydrogens (tertiary/aromatic N) is 2. The lowest BCUT2D eigenvalue weighted by Crippen LogP contribution is -2.37. The monoisotopic (exact) mass is 296 g/mol. The third-order valence-electron chi connectivity index (χ3n) is 3.04. The van der Waals surface area contributed by atoms with Gasteiger partial charge < -0.3 is 10.6 Å². The van der Waals surface area contributed by atoms with Crippen molar-refractivity contribution >= 4 is 17.3 Å². The number of hydrogen-bond acceptors (Lipinski definition) is 3. The van der Waals surface area contributed by atoms with Gasteiger partial charge in [-0.05, 0) is 24.7 Å². The van der Waals surface area contributed by atoms with E-state index in [0.717, 1.165) is 30.0 Å². The molecule has 0 saturated carbocycles. The van der Waals surface area contributed by atoms with Gasteiger partial charge in [-0.25, -0.2) is 4.98 Å². The Bertz CT molecular complexity index is 410. The molecule has 0 amide bonds. The van der Waals surface area contributed by atoms with Gasteiger partial charge in [0.15, 0.2) is 5.96 Å². The zero-order chi connectivity index (χ0) is 15.0. The summed E-state index contributed by atoms with van der Waals surface area (Å²) in [5, 5.41) is 9.90. The molecule has 0 aliphatic heterocycles. The molecule has 0 aliphatic rings. The zero-order valence-corrected chi connectivity index (χ0v) is 14.2. The van der Waals surface area contributed by atoms with E-state index in [1.165, 1.54) is 18.5 Å². The predicted octanol–water partition coefficient (Wildman–Crippen LogP) is 3.37. The molecule has 0 aromatic carbocycles. The number of aliphatic imine (C=N–C) groups is 1. The van der Waals surface area contributed by atoms with E-state index in [4.69, 9.17) is 0 Å². The van der Waals surface area contributed by atoms with Crippen LogP contribution in [0.2, 0.25) is 0 Å². The van der Waals surface area contributed by atoms with Gasteiger partial charge in [-0.3, -0.25) is 4.99 Å². The molecule has 1 rings (SSSR count). The Labute approximate surface area is 127 Å². The summed E-state index contributed by atoms with van der Waals surface area (Å²) in [7, 11) is 1.80. The SMILES string of the molecule is CN=C(NCCCC(C)C)NCc1nc(C(C)C)cs1. The summed E-state index contributed by atoms with van der Waals surface area (Å²) in [5.41, 5.74) is 1.17. The molecule has 20 heavy (non-hydrogen) atoms. The quantitative estimate of drug-likeness (QED) is 0.461. The molecular formula is C15H28N4S. The highest BCUT2D eigenvalue weighted by Crippen LogP contribution is 2.17. The van der Waals surface area contributed by atoms with Crippen LogP contribution in [0.5, 0.6) is 0 Å². The molecular weight excluding hydrogens is 268 g/mol. The van der Waals surface area contributed by atoms with Gasteiger partial charge in [0.25, 0.3) is 0 Å². The maximum absolute atomic E-state index is 4.61. The number of aromatic nitrogens is 1. The summed E-state index contributed by atoms with van der Waals surface area (Å²) in [6, 6.07) is 0. The first kappa shape index (κ1) is 17.0. The molecule has 1 aromatic rings. The van der Waals surface area contributed by atoms with Crippen molar-refractivity contribution in [3.05, 3.63) is 16.1 Å². The maximum Gasteiger partial charge on any atom is 0.191 e. The van der Waals surface area contributed by atoms with Gasteiger partial charge in [-0.2, -0.15) is 0 Å². The fraction of sp³-hybridized carbons (Fsp3) is 0.733. The van der Waals surface area contributed by atoms with E-state index in [-0.39, 0.29) is 0 Å². The summed E-state index contributed by atoms with van der Waals surface area (Å²) in [4.78, 5) is 8.84. The Balaban J connectivity index is 2.30. The largest absolute Gasteiger partial charge is 0.356 e. The minimum Gasteiger partial charge on any atom is -0.356 e. The van der Waals surface area contributed by atoms with E-state index in [9.17, 15) is 0 Å². The van der Waals surface area contributed by atoms with Crippen molar-refractivity contribution in [2.45, 2.75) is 53.0 Å². The molecule has 0 radical (unpaired) electrons. The smallest absolute Gasteiger partial charge is 0.191 e. The Morgan fingerprint density at radius 1 is 1.30 bits per heavy atom. The second-order valence-electron chi connectivity index (χ2n) is 5.71. The van der Waals surface area contributed by atoms with E-state index < -0.39 is 0 Å². The van der Waals surface area contributed by atoms with Crippen LogP contribution in [-0.4, -0.2) is 24.5 Å². The van der Waals surface area contributed by atoms with Crippen LogP contribution >= 0.6 is 11.3 Å². The van der Waals surface area contributed by atoms with Gasteiger partial charge >= 0.3 is 0 Å². The van der Waals surface area contributed by atoms with Gasteiger partial charge in [0.1, 0.15) is 5.01 Å². The van der Waals surface area contributed by atoms with Crippen molar-refractivity contribution in [3.8, 4) is 0 Å². The standard InChI is InChI=1S/C15H28N4S/c1-11(2)7-6-8-17-15(16-5)18-9-14-19-13(10-20-14)12(3)4/h10-12H,6-9H2,1-5H3,(H2,16,17,18). The Morgan fingerprint density at radius 2 is 2.05 bits per heavy atom. The third-order valence-corrected chi connectivity index (χ3v) is 3.91. The fourth-order valence-corrected chi connectivity index (χ4v) is 2.66. The average Bonchev–Trinajstić information content (AvgIpc) is 2.86. The van der Waals surface area contributed by atoms with Crippen molar-refractivity contribution in [2.24, 2.45) is 10.9 Å². The van der Waals surface area contributed by atoms with Crippen molar-refractivity contribution in [2.75, 3.05) is 13.6 Å². The summed E-state index contributed by atoms with van der Waals surface area (Å²) in [5.74, 6) is 2.11. The first-order valence-electron chi connectivity index (χ1n) is 7.41. The van der Waals surface area contributed by atoms with Crippen molar-refractivity contribution in [3.63, 3.8) is 0 Å². The fourth-order valence-electron chi connectivity index (χ4n) is 1.77. The van der Waals surface area contributed by atoms with Crippen LogP contribution < -0.4 is 10.6 Å². The minimum absolute atomic E-state index is 0.494. The third kappa shape index (κ3) is 6.37. The number of rotatable bonds is 7. The van der Waals surface area contributed by atoms with Gasteiger partial charge in [0.05, 0.1) is 12.2 Å². The highest BCUT2D eigenvalue weighted by molar-refractivity contribution is 7.09. The Kier molecular flexibility index (Phi) is 7.59. The molecule has 2 N–H and O–H groups in total. The Morgan fingerprint density at radius 3 is 2.60 bits per heavy atom. The summed E-state index contributed by atoms with van der Waals surface area (Å²) in [6.45, 7) is 10.5. The van der Waals surface area contributed by atoms with Crippen LogP contribution in [0.3, 0.4) is 0 Å². The average molecular weight is 296 g/mol. The second-order valence-corrected chi connectivity index (χ2v) is 6.65. The molecule has 0 bridgehead atoms. The lowest BCUT2D eigenvalue weighted by Gasteiger charge is -2.11. The number of thiazole rings is 1. The summed E-state index contributed by atoms with van der Waals surface area (Å²) in [6.07, 6.45) is 2.42. The molecule has 0 aliphatic carbocycles. The van der Waals surface area contributed by atoms with Crippen LogP contribution in [0.4, 0.5) is 0 Å². The van der Waals surface area contributed by atoms with E-state index in [1.54, 1.807) is 18.4 Å². The van der Waals surface area contributed by atoms with Crippen molar-refractivity contribution in [1.29, 1.82) is 0 Å².